The Morgan fingerprint density at radius 3 is 1.60 bits per heavy atom. The van der Waals surface area contributed by atoms with Gasteiger partial charge in [-0.15, -0.1) is 11.3 Å². The second-order valence-electron chi connectivity index (χ2n) is 5.36. The van der Waals surface area contributed by atoms with E-state index in [0.29, 0.717) is 0 Å². The standard InChI is InChI=1S/C13H11F5SSi/c1-20(2,3)7-5-4-6(19-7)8-9(14)11(16)13(18)12(17)10(8)15/h4-5H,1-3H3. The summed E-state index contributed by atoms with van der Waals surface area (Å²) in [7, 11) is -1.71. The summed E-state index contributed by atoms with van der Waals surface area (Å²) in [5.74, 6) is -9.54. The van der Waals surface area contributed by atoms with Crippen LogP contribution in [0.2, 0.25) is 19.6 Å². The van der Waals surface area contributed by atoms with Crippen LogP contribution in [0.1, 0.15) is 0 Å². The van der Waals surface area contributed by atoms with E-state index < -0.39 is 42.7 Å². The SMILES string of the molecule is C[Si](C)(C)c1ccc(-c2c(F)c(F)c(F)c(F)c2F)s1. The maximum absolute atomic E-state index is 13.7. The van der Waals surface area contributed by atoms with Gasteiger partial charge in [0.05, 0.1) is 13.6 Å². The van der Waals surface area contributed by atoms with E-state index in [0.717, 1.165) is 15.8 Å². The molecule has 2 rings (SSSR count). The van der Waals surface area contributed by atoms with E-state index in [-0.39, 0.29) is 4.88 Å². The maximum atomic E-state index is 13.7. The summed E-state index contributed by atoms with van der Waals surface area (Å²) in [6.45, 7) is 6.09. The molecule has 0 bridgehead atoms. The molecule has 20 heavy (non-hydrogen) atoms. The largest absolute Gasteiger partial charge is 0.203 e. The molecular formula is C13H11F5SSi. The van der Waals surface area contributed by atoms with Crippen LogP contribution in [0, 0.1) is 29.1 Å². The minimum Gasteiger partial charge on any atom is -0.203 e. The highest BCUT2D eigenvalue weighted by molar-refractivity contribution is 7.28. The van der Waals surface area contributed by atoms with Gasteiger partial charge in [-0.05, 0) is 10.6 Å². The van der Waals surface area contributed by atoms with Gasteiger partial charge in [0.25, 0.3) is 0 Å². The Hall–Kier alpha value is -1.21. The summed E-state index contributed by atoms with van der Waals surface area (Å²) < 4.78 is 67.7. The van der Waals surface area contributed by atoms with Gasteiger partial charge >= 0.3 is 0 Å². The lowest BCUT2D eigenvalue weighted by atomic mass is 10.1. The smallest absolute Gasteiger partial charge is 0.200 e. The van der Waals surface area contributed by atoms with Crippen molar-refractivity contribution in [1.82, 2.24) is 0 Å². The molecule has 1 heterocycles. The molecule has 1 aromatic heterocycles. The Labute approximate surface area is 117 Å². The van der Waals surface area contributed by atoms with Crippen LogP contribution in [0.15, 0.2) is 12.1 Å². The van der Waals surface area contributed by atoms with Crippen molar-refractivity contribution in [3.8, 4) is 10.4 Å². The molecule has 2 aromatic rings. The number of thiophene rings is 1. The molecule has 0 unspecified atom stereocenters. The Morgan fingerprint density at radius 2 is 1.20 bits per heavy atom. The third kappa shape index (κ3) is 2.40. The molecule has 0 aliphatic carbocycles. The molecule has 0 amide bonds. The minimum atomic E-state index is -2.13. The molecule has 0 nitrogen and oxygen atoms in total. The van der Waals surface area contributed by atoms with E-state index in [4.69, 9.17) is 0 Å². The predicted molar refractivity (Wildman–Crippen MR) is 72.5 cm³/mol. The lowest BCUT2D eigenvalue weighted by Gasteiger charge is -2.12. The summed E-state index contributed by atoms with van der Waals surface area (Å²) >= 11 is 1.07. The summed E-state index contributed by atoms with van der Waals surface area (Å²) in [5.41, 5.74) is -0.851. The van der Waals surface area contributed by atoms with Crippen LogP contribution in [0.4, 0.5) is 22.0 Å². The van der Waals surface area contributed by atoms with Crippen LogP contribution in [-0.4, -0.2) is 8.07 Å². The van der Waals surface area contributed by atoms with Gasteiger partial charge in [-0.1, -0.05) is 25.7 Å². The number of benzene rings is 1. The minimum absolute atomic E-state index is 0.0511. The van der Waals surface area contributed by atoms with Crippen LogP contribution < -0.4 is 4.50 Å². The van der Waals surface area contributed by atoms with Crippen LogP contribution in [-0.2, 0) is 0 Å². The summed E-state index contributed by atoms with van der Waals surface area (Å²) in [6, 6.07) is 3.08. The lowest BCUT2D eigenvalue weighted by molar-refractivity contribution is 0.381. The molecule has 0 saturated heterocycles. The van der Waals surface area contributed by atoms with E-state index in [1.54, 1.807) is 6.07 Å². The molecule has 0 atom stereocenters. The Kier molecular flexibility index (Phi) is 3.77. The monoisotopic (exact) mass is 322 g/mol. The molecule has 1 aromatic carbocycles. The molecule has 0 aliphatic heterocycles. The van der Waals surface area contributed by atoms with Gasteiger partial charge in [-0.25, -0.2) is 22.0 Å². The van der Waals surface area contributed by atoms with Crippen LogP contribution in [0.5, 0.6) is 0 Å². The topological polar surface area (TPSA) is 0 Å². The quantitative estimate of drug-likeness (QED) is 0.327. The zero-order chi connectivity index (χ0) is 15.2. The van der Waals surface area contributed by atoms with E-state index >= 15 is 0 Å². The molecule has 0 aliphatic rings. The highest BCUT2D eigenvalue weighted by atomic mass is 32.1. The molecule has 0 spiro atoms. The van der Waals surface area contributed by atoms with Crippen molar-refractivity contribution in [3.63, 3.8) is 0 Å². The highest BCUT2D eigenvalue weighted by Gasteiger charge is 2.28. The van der Waals surface area contributed by atoms with Crippen molar-refractivity contribution < 1.29 is 22.0 Å². The van der Waals surface area contributed by atoms with Crippen LogP contribution in [0.25, 0.3) is 10.4 Å². The first-order valence-corrected chi connectivity index (χ1v) is 10.1. The van der Waals surface area contributed by atoms with Crippen LogP contribution >= 0.6 is 11.3 Å². The molecule has 0 N–H and O–H groups in total. The van der Waals surface area contributed by atoms with Crippen molar-refractivity contribution in [2.75, 3.05) is 0 Å². The molecule has 108 valence electrons. The van der Waals surface area contributed by atoms with Gasteiger partial charge in [0, 0.05) is 4.88 Å². The van der Waals surface area contributed by atoms with Gasteiger partial charge in [0.1, 0.15) is 0 Å². The zero-order valence-electron chi connectivity index (χ0n) is 11.0. The van der Waals surface area contributed by atoms with Gasteiger partial charge < -0.3 is 0 Å². The summed E-state index contributed by atoms with van der Waals surface area (Å²) in [5, 5.41) is 0. The second kappa shape index (κ2) is 4.96. The highest BCUT2D eigenvalue weighted by Crippen LogP contribution is 2.34. The number of hydrogen-bond acceptors (Lipinski definition) is 1. The third-order valence-corrected chi connectivity index (χ3v) is 7.51. The molecular weight excluding hydrogens is 311 g/mol. The fourth-order valence-corrected chi connectivity index (χ4v) is 4.62. The van der Waals surface area contributed by atoms with Gasteiger partial charge in [-0.3, -0.25) is 0 Å². The summed E-state index contributed by atoms with van der Waals surface area (Å²) in [6.07, 6.45) is 0. The molecule has 0 radical (unpaired) electrons. The first kappa shape index (κ1) is 15.2. The number of halogens is 5. The van der Waals surface area contributed by atoms with Crippen molar-refractivity contribution in [2.45, 2.75) is 19.6 Å². The fraction of sp³-hybridized carbons (Fsp3) is 0.231. The zero-order valence-corrected chi connectivity index (χ0v) is 12.8. The average molecular weight is 322 g/mol. The van der Waals surface area contributed by atoms with Crippen molar-refractivity contribution in [2.24, 2.45) is 0 Å². The molecule has 7 heteroatoms. The third-order valence-electron chi connectivity index (χ3n) is 2.80. The van der Waals surface area contributed by atoms with E-state index in [9.17, 15) is 22.0 Å². The number of hydrogen-bond donors (Lipinski definition) is 0. The predicted octanol–water partition coefficient (Wildman–Crippen LogP) is 4.66. The lowest BCUT2D eigenvalue weighted by Crippen LogP contribution is -2.34. The Bertz CT molecular complexity index is 643. The first-order valence-electron chi connectivity index (χ1n) is 5.76. The number of rotatable bonds is 2. The van der Waals surface area contributed by atoms with Gasteiger partial charge in [0.15, 0.2) is 23.3 Å². The first-order chi connectivity index (χ1) is 9.14. The second-order valence-corrected chi connectivity index (χ2v) is 11.8. The molecule has 0 fully saturated rings. The maximum Gasteiger partial charge on any atom is 0.200 e. The molecule has 0 saturated carbocycles. The van der Waals surface area contributed by atoms with Crippen LogP contribution in [0.3, 0.4) is 0 Å². The van der Waals surface area contributed by atoms with Gasteiger partial charge in [0.2, 0.25) is 5.82 Å². The summed E-state index contributed by atoms with van der Waals surface area (Å²) in [4.78, 5) is 0.0511. The van der Waals surface area contributed by atoms with Crippen molar-refractivity contribution in [1.29, 1.82) is 0 Å². The fourth-order valence-electron chi connectivity index (χ4n) is 1.70. The van der Waals surface area contributed by atoms with E-state index in [1.165, 1.54) is 6.07 Å². The van der Waals surface area contributed by atoms with Gasteiger partial charge in [-0.2, -0.15) is 0 Å². The Balaban J connectivity index is 2.68. The average Bonchev–Trinajstić information content (AvgIpc) is 2.83. The van der Waals surface area contributed by atoms with Crippen molar-refractivity contribution in [3.05, 3.63) is 41.2 Å². The normalized spacial score (nSPS) is 12.0. The Morgan fingerprint density at radius 1 is 0.750 bits per heavy atom. The van der Waals surface area contributed by atoms with Crippen molar-refractivity contribution >= 4 is 23.9 Å². The van der Waals surface area contributed by atoms with E-state index in [2.05, 4.69) is 0 Å². The van der Waals surface area contributed by atoms with E-state index in [1.807, 2.05) is 19.6 Å².